The molecule has 0 atom stereocenters. The minimum Gasteiger partial charge on any atom is -0.449 e. The van der Waals surface area contributed by atoms with Gasteiger partial charge in [0.2, 0.25) is 5.58 Å². The monoisotopic (exact) mass is 335 g/mol. The number of nitrogens with one attached hydrogen (secondary N) is 1. The van der Waals surface area contributed by atoms with Gasteiger partial charge < -0.3 is 19.4 Å². The summed E-state index contributed by atoms with van der Waals surface area (Å²) in [5.74, 6) is 0.529. The molecule has 0 aliphatic rings. The number of H-pyrrole nitrogens is 1. The Balaban J connectivity index is 1.78. The van der Waals surface area contributed by atoms with Crippen molar-refractivity contribution < 1.29 is 9.52 Å². The lowest BCUT2D eigenvalue weighted by atomic mass is 10.2. The summed E-state index contributed by atoms with van der Waals surface area (Å²) in [6.07, 6.45) is 0. The maximum atomic E-state index is 12.4. The minimum atomic E-state index is -0.298. The van der Waals surface area contributed by atoms with Crippen LogP contribution in [0.4, 0.5) is 5.69 Å². The third kappa shape index (κ3) is 2.88. The Morgan fingerprint density at radius 3 is 2.64 bits per heavy atom. The Morgan fingerprint density at radius 2 is 1.84 bits per heavy atom. The fourth-order valence-electron chi connectivity index (χ4n) is 2.96. The average molecular weight is 335 g/mol. The summed E-state index contributed by atoms with van der Waals surface area (Å²) in [5.41, 5.74) is 2.09. The van der Waals surface area contributed by atoms with Gasteiger partial charge in [-0.05, 0) is 24.3 Å². The van der Waals surface area contributed by atoms with E-state index in [4.69, 9.17) is 4.42 Å². The van der Waals surface area contributed by atoms with Gasteiger partial charge in [-0.3, -0.25) is 4.79 Å². The molecule has 2 aromatic carbocycles. The van der Waals surface area contributed by atoms with Crippen LogP contribution in [0.25, 0.3) is 22.1 Å². The topological polar surface area (TPSA) is 82.4 Å². The number of furan rings is 1. The van der Waals surface area contributed by atoms with Gasteiger partial charge in [-0.1, -0.05) is 30.3 Å². The summed E-state index contributed by atoms with van der Waals surface area (Å²) in [5, 5.41) is 10.2. The summed E-state index contributed by atoms with van der Waals surface area (Å²) >= 11 is 0. The van der Waals surface area contributed by atoms with Crippen LogP contribution in [0.5, 0.6) is 0 Å². The van der Waals surface area contributed by atoms with Gasteiger partial charge in [-0.2, -0.15) is 0 Å². The fourth-order valence-corrected chi connectivity index (χ4v) is 2.96. The first kappa shape index (κ1) is 15.4. The quantitative estimate of drug-likeness (QED) is 0.586. The van der Waals surface area contributed by atoms with Crippen LogP contribution >= 0.6 is 0 Å². The van der Waals surface area contributed by atoms with Gasteiger partial charge in [-0.25, -0.2) is 4.98 Å². The molecule has 6 nitrogen and oxygen atoms in total. The Labute approximate surface area is 143 Å². The highest BCUT2D eigenvalue weighted by molar-refractivity contribution is 6.01. The normalized spacial score (nSPS) is 11.2. The van der Waals surface area contributed by atoms with E-state index in [2.05, 4.69) is 9.97 Å². The molecule has 0 fully saturated rings. The molecular weight excluding hydrogens is 318 g/mol. The second-order valence-electron chi connectivity index (χ2n) is 5.77. The highest BCUT2D eigenvalue weighted by Gasteiger charge is 2.15. The predicted molar refractivity (Wildman–Crippen MR) is 96.7 cm³/mol. The lowest BCUT2D eigenvalue weighted by Gasteiger charge is -2.23. The largest absolute Gasteiger partial charge is 0.449 e. The highest BCUT2D eigenvalue weighted by Crippen LogP contribution is 2.24. The van der Waals surface area contributed by atoms with E-state index in [1.54, 1.807) is 0 Å². The van der Waals surface area contributed by atoms with Crippen molar-refractivity contribution in [2.75, 3.05) is 18.1 Å². The van der Waals surface area contributed by atoms with Gasteiger partial charge in [0.15, 0.2) is 0 Å². The van der Waals surface area contributed by atoms with E-state index >= 15 is 0 Å². The zero-order valence-electron chi connectivity index (χ0n) is 13.5. The van der Waals surface area contributed by atoms with Crippen molar-refractivity contribution in [1.82, 2.24) is 9.97 Å². The van der Waals surface area contributed by atoms with Crippen LogP contribution in [-0.4, -0.2) is 28.2 Å². The molecule has 0 amide bonds. The van der Waals surface area contributed by atoms with E-state index in [-0.39, 0.29) is 17.7 Å². The number of aliphatic hydroxyl groups is 1. The van der Waals surface area contributed by atoms with Crippen molar-refractivity contribution >= 4 is 27.8 Å². The smallest absolute Gasteiger partial charge is 0.294 e. The van der Waals surface area contributed by atoms with Crippen molar-refractivity contribution in [3.63, 3.8) is 0 Å². The Bertz CT molecular complexity index is 1070. The zero-order valence-corrected chi connectivity index (χ0v) is 13.5. The van der Waals surface area contributed by atoms with E-state index < -0.39 is 0 Å². The number of nitrogens with zero attached hydrogens (tertiary/aromatic N) is 2. The average Bonchev–Trinajstić information content (AvgIpc) is 3.02. The fraction of sp³-hybridized carbons (Fsp3) is 0.158. The van der Waals surface area contributed by atoms with Crippen molar-refractivity contribution in [2.24, 2.45) is 0 Å². The number of anilines is 1. The van der Waals surface area contributed by atoms with Gasteiger partial charge in [0.05, 0.1) is 13.2 Å². The van der Waals surface area contributed by atoms with Gasteiger partial charge in [0.1, 0.15) is 16.9 Å². The van der Waals surface area contributed by atoms with Gasteiger partial charge >= 0.3 is 0 Å². The minimum absolute atomic E-state index is 0.00993. The molecule has 0 saturated carbocycles. The molecule has 4 aromatic rings. The molecule has 0 spiro atoms. The van der Waals surface area contributed by atoms with Gasteiger partial charge in [0, 0.05) is 17.6 Å². The molecule has 6 heteroatoms. The van der Waals surface area contributed by atoms with E-state index in [0.717, 1.165) is 11.1 Å². The summed E-state index contributed by atoms with van der Waals surface area (Å²) in [4.78, 5) is 21.7. The number of aromatic nitrogens is 2. The first-order valence-corrected chi connectivity index (χ1v) is 8.07. The molecule has 2 N–H and O–H groups in total. The van der Waals surface area contributed by atoms with Crippen LogP contribution in [0.1, 0.15) is 5.82 Å². The van der Waals surface area contributed by atoms with Crippen LogP contribution in [-0.2, 0) is 6.54 Å². The van der Waals surface area contributed by atoms with Crippen molar-refractivity contribution in [3.05, 3.63) is 70.8 Å². The first-order chi connectivity index (χ1) is 12.3. The number of para-hydroxylation sites is 2. The molecule has 0 aliphatic heterocycles. The Morgan fingerprint density at radius 1 is 1.08 bits per heavy atom. The lowest BCUT2D eigenvalue weighted by molar-refractivity contribution is 0.301. The number of hydrogen-bond donors (Lipinski definition) is 2. The second-order valence-corrected chi connectivity index (χ2v) is 5.77. The van der Waals surface area contributed by atoms with E-state index in [0.29, 0.717) is 30.0 Å². The number of aliphatic hydroxyl groups excluding tert-OH is 1. The van der Waals surface area contributed by atoms with E-state index in [9.17, 15) is 9.90 Å². The molecule has 0 aliphatic carbocycles. The summed E-state index contributed by atoms with van der Waals surface area (Å²) in [6.45, 7) is 0.836. The molecule has 25 heavy (non-hydrogen) atoms. The number of hydrogen-bond acceptors (Lipinski definition) is 5. The third-order valence-electron chi connectivity index (χ3n) is 4.11. The molecule has 0 radical (unpaired) electrons. The third-order valence-corrected chi connectivity index (χ3v) is 4.11. The summed E-state index contributed by atoms with van der Waals surface area (Å²) in [7, 11) is 0. The molecule has 0 unspecified atom stereocenters. The van der Waals surface area contributed by atoms with Gasteiger partial charge in [0.25, 0.3) is 5.56 Å². The predicted octanol–water partition coefficient (Wildman–Crippen LogP) is 2.67. The highest BCUT2D eigenvalue weighted by atomic mass is 16.3. The molecular formula is C19H17N3O3. The molecule has 126 valence electrons. The Kier molecular flexibility index (Phi) is 3.95. The van der Waals surface area contributed by atoms with Crippen LogP contribution < -0.4 is 10.5 Å². The van der Waals surface area contributed by atoms with E-state index in [1.807, 2.05) is 59.5 Å². The summed E-state index contributed by atoms with van der Waals surface area (Å²) < 4.78 is 5.62. The van der Waals surface area contributed by atoms with E-state index in [1.165, 1.54) is 0 Å². The van der Waals surface area contributed by atoms with Crippen molar-refractivity contribution in [3.8, 4) is 0 Å². The number of fused-ring (bicyclic) bond motifs is 3. The molecule has 2 aromatic heterocycles. The first-order valence-electron chi connectivity index (χ1n) is 8.07. The maximum absolute atomic E-state index is 12.4. The zero-order chi connectivity index (χ0) is 17.2. The molecule has 0 saturated heterocycles. The Hall–Kier alpha value is -3.12. The molecule has 0 bridgehead atoms. The standard InChI is InChI=1S/C19H17N3O3/c23-11-10-22(13-6-2-1-3-7-13)12-16-20-17-14-8-4-5-9-15(14)25-18(17)19(24)21-16/h1-9,23H,10-12H2,(H,20,21,24). The number of benzene rings is 2. The SMILES string of the molecule is O=c1[nH]c(CN(CCO)c2ccccc2)nc2c1oc1ccccc12. The van der Waals surface area contributed by atoms with Crippen LogP contribution in [0.15, 0.2) is 63.8 Å². The van der Waals surface area contributed by atoms with Crippen LogP contribution in [0, 0.1) is 0 Å². The maximum Gasteiger partial charge on any atom is 0.294 e. The molecule has 4 rings (SSSR count). The lowest BCUT2D eigenvalue weighted by Crippen LogP contribution is -2.28. The number of aromatic amines is 1. The number of rotatable bonds is 5. The van der Waals surface area contributed by atoms with Crippen LogP contribution in [0.2, 0.25) is 0 Å². The van der Waals surface area contributed by atoms with Crippen molar-refractivity contribution in [1.29, 1.82) is 0 Å². The van der Waals surface area contributed by atoms with Gasteiger partial charge in [-0.15, -0.1) is 0 Å². The van der Waals surface area contributed by atoms with Crippen molar-refractivity contribution in [2.45, 2.75) is 6.54 Å². The molecule has 2 heterocycles. The second kappa shape index (κ2) is 6.41. The van der Waals surface area contributed by atoms with Crippen LogP contribution in [0.3, 0.4) is 0 Å². The summed E-state index contributed by atoms with van der Waals surface area (Å²) in [6, 6.07) is 17.2.